The molecule has 46 heavy (non-hydrogen) atoms. The smallest absolute Gasteiger partial charge is 0.250 e. The summed E-state index contributed by atoms with van der Waals surface area (Å²) in [4.78, 5) is 20.0. The van der Waals surface area contributed by atoms with Gasteiger partial charge in [-0.1, -0.05) is 19.9 Å². The predicted molar refractivity (Wildman–Crippen MR) is 175 cm³/mol. The number of pyridine rings is 2. The standard InChI is InChI=1S/C33H35N7O4S2/c1-17(2)21-15-46(41,42)31-28(27(33-40-39-18(3)44-33)24(37-29(21)31)9-8-19-6-5-13-43-19)26-14-25-30(45-26)32(36-16-35-25)38-23-11-10-22-20(23)7-4-12-34-22/h4,7,12,14,16-17,19,21,23H,5-6,8-11,13,15H2,1-3H3,(H,35,36,38). The molecule has 3 unspecified atom stereocenters. The first-order chi connectivity index (χ1) is 22.3. The van der Waals surface area contributed by atoms with Crippen LogP contribution in [0.2, 0.25) is 0 Å². The molecule has 1 aliphatic carbocycles. The molecule has 7 heterocycles. The first kappa shape index (κ1) is 29.6. The molecule has 1 fully saturated rings. The maximum atomic E-state index is 14.1. The lowest BCUT2D eigenvalue weighted by atomic mass is 9.90. The number of nitrogens with one attached hydrogen (secondary N) is 1. The zero-order chi connectivity index (χ0) is 31.6. The molecule has 0 saturated carbocycles. The van der Waals surface area contributed by atoms with Crippen LogP contribution in [-0.4, -0.2) is 57.0 Å². The lowest BCUT2D eigenvalue weighted by Gasteiger charge is -2.19. The number of anilines is 1. The van der Waals surface area contributed by atoms with E-state index in [9.17, 15) is 8.42 Å². The zero-order valence-corrected chi connectivity index (χ0v) is 27.6. The summed E-state index contributed by atoms with van der Waals surface area (Å²) in [6.07, 6.45) is 8.75. The minimum absolute atomic E-state index is 0.0180. The van der Waals surface area contributed by atoms with E-state index in [0.717, 1.165) is 65.2 Å². The molecule has 0 radical (unpaired) electrons. The fraction of sp³-hybridized carbons (Fsp3) is 0.455. The lowest BCUT2D eigenvalue weighted by Crippen LogP contribution is -2.12. The van der Waals surface area contributed by atoms with Crippen molar-refractivity contribution in [3.8, 4) is 21.9 Å². The molecule has 1 saturated heterocycles. The van der Waals surface area contributed by atoms with Gasteiger partial charge in [-0.05, 0) is 62.1 Å². The van der Waals surface area contributed by atoms with E-state index in [1.165, 1.54) is 16.9 Å². The number of thiophene rings is 1. The summed E-state index contributed by atoms with van der Waals surface area (Å²) >= 11 is 1.48. The Morgan fingerprint density at radius 2 is 2.02 bits per heavy atom. The van der Waals surface area contributed by atoms with Crippen molar-refractivity contribution < 1.29 is 17.6 Å². The Bertz CT molecular complexity index is 2070. The molecule has 13 heteroatoms. The Labute approximate surface area is 271 Å². The molecule has 0 amide bonds. The van der Waals surface area contributed by atoms with E-state index < -0.39 is 9.84 Å². The lowest BCUT2D eigenvalue weighted by molar-refractivity contribution is 0.104. The van der Waals surface area contributed by atoms with Gasteiger partial charge in [0.2, 0.25) is 11.8 Å². The van der Waals surface area contributed by atoms with E-state index in [2.05, 4.69) is 50.4 Å². The van der Waals surface area contributed by atoms with Gasteiger partial charge < -0.3 is 14.5 Å². The molecule has 5 aromatic rings. The number of sulfone groups is 1. The molecule has 8 rings (SSSR count). The Hall–Kier alpha value is -3.81. The van der Waals surface area contributed by atoms with Crippen LogP contribution in [0.4, 0.5) is 5.82 Å². The molecule has 238 valence electrons. The number of hydrogen-bond donors (Lipinski definition) is 1. The van der Waals surface area contributed by atoms with Crippen LogP contribution in [0.1, 0.15) is 80.0 Å². The largest absolute Gasteiger partial charge is 0.421 e. The van der Waals surface area contributed by atoms with Crippen LogP contribution < -0.4 is 5.32 Å². The third-order valence-electron chi connectivity index (χ3n) is 9.43. The molecular formula is C33H35N7O4S2. The van der Waals surface area contributed by atoms with Crippen LogP contribution in [-0.2, 0) is 27.4 Å². The molecule has 2 aliphatic heterocycles. The quantitative estimate of drug-likeness (QED) is 0.202. The van der Waals surface area contributed by atoms with Crippen molar-refractivity contribution in [3.63, 3.8) is 0 Å². The zero-order valence-electron chi connectivity index (χ0n) is 26.0. The normalized spacial score (nSPS) is 21.7. The van der Waals surface area contributed by atoms with Crippen molar-refractivity contribution in [2.75, 3.05) is 17.7 Å². The van der Waals surface area contributed by atoms with Gasteiger partial charge in [-0.3, -0.25) is 9.97 Å². The van der Waals surface area contributed by atoms with E-state index in [0.29, 0.717) is 35.0 Å². The average Bonchev–Trinajstić information content (AvgIpc) is 3.87. The van der Waals surface area contributed by atoms with Crippen LogP contribution in [0.3, 0.4) is 0 Å². The number of ether oxygens (including phenoxy) is 1. The van der Waals surface area contributed by atoms with Gasteiger partial charge in [0.25, 0.3) is 0 Å². The van der Waals surface area contributed by atoms with Gasteiger partial charge in [0.05, 0.1) is 50.0 Å². The van der Waals surface area contributed by atoms with Crippen molar-refractivity contribution >= 4 is 37.2 Å². The van der Waals surface area contributed by atoms with E-state index in [-0.39, 0.29) is 40.5 Å². The van der Waals surface area contributed by atoms with Crippen LogP contribution >= 0.6 is 11.3 Å². The first-order valence-corrected chi connectivity index (χ1v) is 18.4. The number of nitrogens with zero attached hydrogens (tertiary/aromatic N) is 6. The highest BCUT2D eigenvalue weighted by molar-refractivity contribution is 7.92. The molecule has 0 bridgehead atoms. The van der Waals surface area contributed by atoms with Gasteiger partial charge in [-0.15, -0.1) is 21.5 Å². The van der Waals surface area contributed by atoms with Gasteiger partial charge in [0.15, 0.2) is 9.84 Å². The highest BCUT2D eigenvalue weighted by atomic mass is 32.2. The Kier molecular flexibility index (Phi) is 7.37. The maximum absolute atomic E-state index is 14.1. The van der Waals surface area contributed by atoms with Crippen molar-refractivity contribution in [3.05, 3.63) is 59.3 Å². The van der Waals surface area contributed by atoms with E-state index >= 15 is 0 Å². The van der Waals surface area contributed by atoms with Crippen LogP contribution in [0.5, 0.6) is 0 Å². The van der Waals surface area contributed by atoms with Crippen molar-refractivity contribution in [2.45, 2.75) is 82.3 Å². The Balaban J connectivity index is 1.32. The molecule has 1 N–H and O–H groups in total. The van der Waals surface area contributed by atoms with Crippen molar-refractivity contribution in [2.24, 2.45) is 5.92 Å². The summed E-state index contributed by atoms with van der Waals surface area (Å²) in [7, 11) is -3.68. The topological polar surface area (TPSA) is 146 Å². The summed E-state index contributed by atoms with van der Waals surface area (Å²) < 4.78 is 41.0. The maximum Gasteiger partial charge on any atom is 0.250 e. The molecule has 3 aliphatic rings. The fourth-order valence-corrected chi connectivity index (χ4v) is 10.5. The predicted octanol–water partition coefficient (Wildman–Crippen LogP) is 6.24. The third kappa shape index (κ3) is 5.08. The highest BCUT2D eigenvalue weighted by Gasteiger charge is 2.43. The van der Waals surface area contributed by atoms with Crippen molar-refractivity contribution in [1.29, 1.82) is 0 Å². The second-order valence-electron chi connectivity index (χ2n) is 12.8. The first-order valence-electron chi connectivity index (χ1n) is 15.9. The minimum atomic E-state index is -3.68. The van der Waals surface area contributed by atoms with E-state index in [4.69, 9.17) is 14.1 Å². The molecule has 3 atom stereocenters. The Morgan fingerprint density at radius 1 is 1.13 bits per heavy atom. The van der Waals surface area contributed by atoms with E-state index in [1.54, 1.807) is 13.3 Å². The van der Waals surface area contributed by atoms with Gasteiger partial charge in [-0.25, -0.2) is 18.4 Å². The van der Waals surface area contributed by atoms with Gasteiger partial charge >= 0.3 is 0 Å². The summed E-state index contributed by atoms with van der Waals surface area (Å²) in [6, 6.07) is 6.11. The van der Waals surface area contributed by atoms with Crippen LogP contribution in [0.15, 0.2) is 40.0 Å². The molecule has 11 nitrogen and oxygen atoms in total. The summed E-state index contributed by atoms with van der Waals surface area (Å²) in [5, 5.41) is 12.2. The highest BCUT2D eigenvalue weighted by Crippen LogP contribution is 2.51. The number of aryl methyl sites for hydroxylation is 3. The second-order valence-corrected chi connectivity index (χ2v) is 15.8. The molecular weight excluding hydrogens is 623 g/mol. The number of hydrogen-bond acceptors (Lipinski definition) is 12. The summed E-state index contributed by atoms with van der Waals surface area (Å²) in [5.41, 5.74) is 5.55. The number of fused-ring (bicyclic) bond motifs is 3. The monoisotopic (exact) mass is 657 g/mol. The second kappa shape index (κ2) is 11.5. The minimum Gasteiger partial charge on any atom is -0.421 e. The summed E-state index contributed by atoms with van der Waals surface area (Å²) in [6.45, 7) is 6.61. The fourth-order valence-electron chi connectivity index (χ4n) is 7.13. The van der Waals surface area contributed by atoms with Gasteiger partial charge in [0, 0.05) is 41.8 Å². The number of rotatable bonds is 8. The van der Waals surface area contributed by atoms with Crippen molar-refractivity contribution in [1.82, 2.24) is 30.1 Å². The van der Waals surface area contributed by atoms with Crippen LogP contribution in [0.25, 0.3) is 32.1 Å². The SMILES string of the molecule is Cc1nnc(-c2c(CCC3CCCO3)nc3c(c2-c2cc4ncnc(NC5CCc6ncccc65)c4s2)S(=O)(=O)CC3C(C)C)o1. The van der Waals surface area contributed by atoms with Gasteiger partial charge in [0.1, 0.15) is 12.1 Å². The molecule has 0 spiro atoms. The van der Waals surface area contributed by atoms with E-state index in [1.807, 2.05) is 18.3 Å². The third-order valence-corrected chi connectivity index (χ3v) is 12.4. The number of aromatic nitrogens is 6. The van der Waals surface area contributed by atoms with Gasteiger partial charge in [-0.2, -0.15) is 0 Å². The Morgan fingerprint density at radius 3 is 2.80 bits per heavy atom. The molecule has 5 aromatic heterocycles. The average molecular weight is 658 g/mol. The summed E-state index contributed by atoms with van der Waals surface area (Å²) in [5.74, 6) is 1.27. The molecule has 0 aromatic carbocycles. The van der Waals surface area contributed by atoms with Crippen LogP contribution in [0, 0.1) is 12.8 Å².